The highest BCUT2D eigenvalue weighted by atomic mass is 32.2. The van der Waals surface area contributed by atoms with Crippen LogP contribution < -0.4 is 15.4 Å². The van der Waals surface area contributed by atoms with Crippen LogP contribution in [0, 0.1) is 11.8 Å². The topological polar surface area (TPSA) is 148 Å². The number of aliphatic hydroxyl groups is 2. The first kappa shape index (κ1) is 32.7. The molecule has 0 saturated heterocycles. The van der Waals surface area contributed by atoms with E-state index in [1.807, 2.05) is 51.1 Å². The number of carbonyl (C=O) groups excluding carboxylic acids is 2. The number of aliphatic hydroxyl groups excluding tert-OH is 2. The first-order valence-corrected chi connectivity index (χ1v) is 15.8. The lowest BCUT2D eigenvalue weighted by Gasteiger charge is -2.33. The van der Waals surface area contributed by atoms with Crippen molar-refractivity contribution in [1.29, 1.82) is 0 Å². The molecule has 11 heteroatoms. The average molecular weight is 572 g/mol. The van der Waals surface area contributed by atoms with E-state index in [-0.39, 0.29) is 12.3 Å². The summed E-state index contributed by atoms with van der Waals surface area (Å²) in [5.41, 5.74) is 0.796. The molecule has 1 fully saturated rings. The van der Waals surface area contributed by atoms with Crippen LogP contribution >= 0.6 is 11.8 Å². The lowest BCUT2D eigenvalue weighted by atomic mass is 9.82. The largest absolute Gasteiger partial charge is 0.390 e. The van der Waals surface area contributed by atoms with E-state index in [0.29, 0.717) is 24.5 Å². The molecule has 0 radical (unpaired) electrons. The molecule has 6 N–H and O–H groups in total. The second-order valence-electron chi connectivity index (χ2n) is 10.5. The van der Waals surface area contributed by atoms with Crippen molar-refractivity contribution in [3.63, 3.8) is 0 Å². The van der Waals surface area contributed by atoms with Crippen LogP contribution in [0.4, 0.5) is 0 Å². The summed E-state index contributed by atoms with van der Waals surface area (Å²) in [4.78, 5) is 26.5. The SMILES string of the molecule is CCS[C@H](NC(=O)[C@H](Cc1ccccc1)NS(=O)O)C(=O)N[C@@H](CC1CCCCC1)[C@@H](O)[C@@H](O)CC(C)C. The molecule has 1 aromatic rings. The van der Waals surface area contributed by atoms with Crippen LogP contribution in [0.25, 0.3) is 0 Å². The highest BCUT2D eigenvalue weighted by Crippen LogP contribution is 2.29. The van der Waals surface area contributed by atoms with E-state index in [2.05, 4.69) is 15.4 Å². The smallest absolute Gasteiger partial charge is 0.253 e. The van der Waals surface area contributed by atoms with Crippen molar-refractivity contribution in [2.24, 2.45) is 11.8 Å². The van der Waals surface area contributed by atoms with Crippen molar-refractivity contribution >= 4 is 34.8 Å². The van der Waals surface area contributed by atoms with Crippen molar-refractivity contribution in [2.75, 3.05) is 5.75 Å². The predicted molar refractivity (Wildman–Crippen MR) is 152 cm³/mol. The van der Waals surface area contributed by atoms with Crippen LogP contribution in [0.2, 0.25) is 0 Å². The van der Waals surface area contributed by atoms with Gasteiger partial charge in [0.15, 0.2) is 5.37 Å². The van der Waals surface area contributed by atoms with Crippen LogP contribution in [0.1, 0.15) is 71.3 Å². The molecule has 38 heavy (non-hydrogen) atoms. The maximum Gasteiger partial charge on any atom is 0.253 e. The first-order valence-electron chi connectivity index (χ1n) is 13.6. The molecular weight excluding hydrogens is 526 g/mol. The van der Waals surface area contributed by atoms with E-state index >= 15 is 0 Å². The monoisotopic (exact) mass is 571 g/mol. The van der Waals surface area contributed by atoms with Gasteiger partial charge in [-0.25, -0.2) is 8.93 Å². The summed E-state index contributed by atoms with van der Waals surface area (Å²) in [6, 6.07) is 7.40. The molecule has 0 aromatic heterocycles. The van der Waals surface area contributed by atoms with Crippen molar-refractivity contribution in [2.45, 2.75) is 102 Å². The van der Waals surface area contributed by atoms with Gasteiger partial charge in [-0.1, -0.05) is 83.2 Å². The Morgan fingerprint density at radius 1 is 1.05 bits per heavy atom. The standard InChI is InChI=1S/C27H45N3O6S2/c1-4-37-27(29-25(33)22(30-38(35)36)17-20-13-9-6-10-14-20)26(34)28-21(16-19-11-7-5-8-12-19)24(32)23(31)15-18(2)3/h6,9-10,13-14,18-19,21-24,27,30-32H,4-5,7-8,11-12,15-17H2,1-3H3,(H,28,34)(H,29,33)(H,35,36)/t21-,22-,23-,24+,27-/m0/s1. The Morgan fingerprint density at radius 2 is 1.71 bits per heavy atom. The molecule has 216 valence electrons. The zero-order valence-electron chi connectivity index (χ0n) is 22.7. The van der Waals surface area contributed by atoms with E-state index in [1.165, 1.54) is 18.2 Å². The summed E-state index contributed by atoms with van der Waals surface area (Å²) < 4.78 is 23.2. The number of carbonyl (C=O) groups is 2. The molecule has 2 amide bonds. The molecule has 1 saturated carbocycles. The Hall–Kier alpha value is -1.50. The molecule has 2 rings (SSSR count). The van der Waals surface area contributed by atoms with Gasteiger partial charge < -0.3 is 20.8 Å². The predicted octanol–water partition coefficient (Wildman–Crippen LogP) is 2.74. The summed E-state index contributed by atoms with van der Waals surface area (Å²) in [6.45, 7) is 5.79. The third-order valence-corrected chi connectivity index (χ3v) is 8.33. The minimum Gasteiger partial charge on any atom is -0.390 e. The molecule has 0 spiro atoms. The van der Waals surface area contributed by atoms with Crippen LogP contribution in [0.5, 0.6) is 0 Å². The summed E-state index contributed by atoms with van der Waals surface area (Å²) in [6.07, 6.45) is 4.48. The van der Waals surface area contributed by atoms with E-state index in [4.69, 9.17) is 0 Å². The minimum absolute atomic E-state index is 0.161. The van der Waals surface area contributed by atoms with Gasteiger partial charge in [0.2, 0.25) is 17.2 Å². The summed E-state index contributed by atoms with van der Waals surface area (Å²) in [5.74, 6) is 0.0136. The third kappa shape index (κ3) is 11.7. The van der Waals surface area contributed by atoms with Crippen LogP contribution in [-0.4, -0.2) is 66.2 Å². The van der Waals surface area contributed by atoms with Gasteiger partial charge in [-0.2, -0.15) is 0 Å². The van der Waals surface area contributed by atoms with E-state index < -0.39 is 52.7 Å². The molecule has 1 aliphatic carbocycles. The summed E-state index contributed by atoms with van der Waals surface area (Å²) in [7, 11) is 0. The number of rotatable bonds is 16. The van der Waals surface area contributed by atoms with Gasteiger partial charge in [0, 0.05) is 0 Å². The van der Waals surface area contributed by atoms with Gasteiger partial charge in [0.1, 0.15) is 12.1 Å². The number of benzene rings is 1. The number of hydrogen-bond donors (Lipinski definition) is 6. The van der Waals surface area contributed by atoms with E-state index in [9.17, 15) is 28.6 Å². The fourth-order valence-corrected chi connectivity index (χ4v) is 6.14. The Morgan fingerprint density at radius 3 is 2.29 bits per heavy atom. The number of nitrogens with one attached hydrogen (secondary N) is 3. The lowest BCUT2D eigenvalue weighted by molar-refractivity contribution is -0.129. The van der Waals surface area contributed by atoms with Crippen molar-refractivity contribution in [1.82, 2.24) is 15.4 Å². The average Bonchev–Trinajstić information content (AvgIpc) is 2.87. The summed E-state index contributed by atoms with van der Waals surface area (Å²) in [5, 5.41) is 26.3. The molecule has 0 heterocycles. The zero-order chi connectivity index (χ0) is 28.1. The molecule has 9 nitrogen and oxygen atoms in total. The van der Waals surface area contributed by atoms with E-state index in [1.54, 1.807) is 0 Å². The maximum atomic E-state index is 13.4. The molecule has 1 unspecified atom stereocenters. The highest BCUT2D eigenvalue weighted by Gasteiger charge is 2.34. The van der Waals surface area contributed by atoms with Gasteiger partial charge in [0.25, 0.3) is 5.91 Å². The Kier molecular flexibility index (Phi) is 14.8. The quantitative estimate of drug-likeness (QED) is 0.132. The molecular formula is C27H45N3O6S2. The molecule has 1 aliphatic rings. The third-order valence-electron chi connectivity index (χ3n) is 6.85. The van der Waals surface area contributed by atoms with Gasteiger partial charge >= 0.3 is 0 Å². The van der Waals surface area contributed by atoms with Crippen molar-refractivity contribution in [3.05, 3.63) is 35.9 Å². The van der Waals surface area contributed by atoms with Gasteiger partial charge in [-0.3, -0.25) is 14.1 Å². The fourth-order valence-electron chi connectivity index (χ4n) is 4.95. The van der Waals surface area contributed by atoms with Crippen molar-refractivity contribution in [3.8, 4) is 0 Å². The van der Waals surface area contributed by atoms with Gasteiger partial charge in [-0.15, -0.1) is 11.8 Å². The van der Waals surface area contributed by atoms with Crippen molar-refractivity contribution < 1.29 is 28.6 Å². The molecule has 0 bridgehead atoms. The minimum atomic E-state index is -2.43. The normalized spacial score (nSPS) is 19.2. The fraction of sp³-hybridized carbons (Fsp3) is 0.704. The Bertz CT molecular complexity index is 870. The first-order chi connectivity index (χ1) is 18.1. The Labute approximate surface area is 233 Å². The highest BCUT2D eigenvalue weighted by molar-refractivity contribution is 8.00. The second kappa shape index (κ2) is 17.2. The number of thioether (sulfide) groups is 1. The molecule has 1 aromatic carbocycles. The van der Waals surface area contributed by atoms with E-state index in [0.717, 1.165) is 31.2 Å². The number of amides is 2. The van der Waals surface area contributed by atoms with Crippen LogP contribution in [0.15, 0.2) is 30.3 Å². The second-order valence-corrected chi connectivity index (χ2v) is 12.6. The molecule has 6 atom stereocenters. The zero-order valence-corrected chi connectivity index (χ0v) is 24.3. The van der Waals surface area contributed by atoms with Crippen LogP contribution in [0.3, 0.4) is 0 Å². The van der Waals surface area contributed by atoms with Gasteiger partial charge in [0.05, 0.1) is 12.1 Å². The number of hydrogen-bond acceptors (Lipinski definition) is 6. The van der Waals surface area contributed by atoms with Gasteiger partial charge in [-0.05, 0) is 42.4 Å². The maximum absolute atomic E-state index is 13.4. The molecule has 0 aliphatic heterocycles. The van der Waals surface area contributed by atoms with Crippen LogP contribution in [-0.2, 0) is 27.3 Å². The lowest BCUT2D eigenvalue weighted by Crippen LogP contribution is -2.56. The Balaban J connectivity index is 2.15. The summed E-state index contributed by atoms with van der Waals surface area (Å²) >= 11 is -1.21.